The number of nitrogens with zero attached hydrogens (tertiary/aromatic N) is 1. The molecule has 0 bridgehead atoms. The van der Waals surface area contributed by atoms with Gasteiger partial charge in [-0.25, -0.2) is 0 Å². The van der Waals surface area contributed by atoms with E-state index in [4.69, 9.17) is 0 Å². The fourth-order valence-corrected chi connectivity index (χ4v) is 3.28. The summed E-state index contributed by atoms with van der Waals surface area (Å²) in [7, 11) is 2.03. The van der Waals surface area contributed by atoms with Crippen LogP contribution in [0.4, 0.5) is 0 Å². The van der Waals surface area contributed by atoms with Gasteiger partial charge in [-0.2, -0.15) is 0 Å². The Bertz CT molecular complexity index is 391. The molecule has 2 atom stereocenters. The number of benzene rings is 1. The number of aliphatic hydroxyl groups is 1. The first-order valence-corrected chi connectivity index (χ1v) is 7.15. The Hall–Kier alpha value is -0.900. The lowest BCUT2D eigenvalue weighted by molar-refractivity contribution is 0.134. The van der Waals surface area contributed by atoms with Crippen molar-refractivity contribution >= 4 is 0 Å². The Morgan fingerprint density at radius 1 is 1.37 bits per heavy atom. The van der Waals surface area contributed by atoms with E-state index in [0.717, 1.165) is 26.1 Å². The van der Waals surface area contributed by atoms with Gasteiger partial charge in [0.1, 0.15) is 0 Å². The quantitative estimate of drug-likeness (QED) is 0.852. The van der Waals surface area contributed by atoms with E-state index in [1.165, 1.54) is 5.56 Å². The Kier molecular flexibility index (Phi) is 4.61. The zero-order chi connectivity index (χ0) is 13.9. The summed E-state index contributed by atoms with van der Waals surface area (Å²) in [5.74, 6) is 0. The number of aliphatic hydroxyl groups excluding tert-OH is 1. The predicted molar refractivity (Wildman–Crippen MR) is 79.1 cm³/mol. The van der Waals surface area contributed by atoms with Crippen molar-refractivity contribution in [2.45, 2.75) is 32.4 Å². The van der Waals surface area contributed by atoms with Crippen molar-refractivity contribution in [2.24, 2.45) is 5.41 Å². The lowest BCUT2D eigenvalue weighted by atomic mass is 9.80. The van der Waals surface area contributed by atoms with Crippen LogP contribution in [0.1, 0.15) is 31.9 Å². The molecule has 0 amide bonds. The van der Waals surface area contributed by atoms with Crippen molar-refractivity contribution in [1.82, 2.24) is 10.2 Å². The van der Waals surface area contributed by atoms with Crippen LogP contribution >= 0.6 is 0 Å². The highest BCUT2D eigenvalue weighted by Crippen LogP contribution is 2.34. The molecule has 3 nitrogen and oxygen atoms in total. The normalized spacial score (nSPS) is 22.6. The zero-order valence-corrected chi connectivity index (χ0v) is 12.3. The zero-order valence-electron chi connectivity index (χ0n) is 12.3. The molecular weight excluding hydrogens is 236 g/mol. The molecule has 2 rings (SSSR count). The minimum absolute atomic E-state index is 0.125. The second kappa shape index (κ2) is 6.04. The average Bonchev–Trinajstić information content (AvgIpc) is 2.75. The topological polar surface area (TPSA) is 35.5 Å². The van der Waals surface area contributed by atoms with E-state index in [-0.39, 0.29) is 11.5 Å². The van der Waals surface area contributed by atoms with E-state index >= 15 is 0 Å². The van der Waals surface area contributed by atoms with Gasteiger partial charge in [-0.1, -0.05) is 44.2 Å². The largest absolute Gasteiger partial charge is 0.392 e. The van der Waals surface area contributed by atoms with E-state index in [1.807, 2.05) is 7.05 Å². The van der Waals surface area contributed by atoms with E-state index in [1.54, 1.807) is 0 Å². The SMILES string of the molecule is CNC(c1ccccc1)C(C)(C)CN1CCC(O)C1. The van der Waals surface area contributed by atoms with Gasteiger partial charge >= 0.3 is 0 Å². The molecule has 0 aliphatic carbocycles. The molecule has 19 heavy (non-hydrogen) atoms. The molecule has 2 N–H and O–H groups in total. The van der Waals surface area contributed by atoms with Crippen LogP contribution in [0.5, 0.6) is 0 Å². The summed E-state index contributed by atoms with van der Waals surface area (Å²) in [5, 5.41) is 13.1. The third-order valence-corrected chi connectivity index (χ3v) is 4.08. The first kappa shape index (κ1) is 14.5. The molecular formula is C16H26N2O. The second-order valence-corrected chi connectivity index (χ2v) is 6.30. The summed E-state index contributed by atoms with van der Waals surface area (Å²) in [5.41, 5.74) is 1.45. The minimum atomic E-state index is -0.138. The van der Waals surface area contributed by atoms with Crippen LogP contribution in [-0.4, -0.2) is 42.8 Å². The molecule has 1 heterocycles. The molecule has 106 valence electrons. The number of rotatable bonds is 5. The summed E-state index contributed by atoms with van der Waals surface area (Å²) >= 11 is 0. The molecule has 1 aliphatic rings. The molecule has 2 unspecified atom stereocenters. The molecule has 0 aromatic heterocycles. The van der Waals surface area contributed by atoms with Crippen molar-refractivity contribution in [2.75, 3.05) is 26.7 Å². The Balaban J connectivity index is 2.08. The van der Waals surface area contributed by atoms with E-state index in [2.05, 4.69) is 54.4 Å². The molecule has 0 spiro atoms. The fourth-order valence-electron chi connectivity index (χ4n) is 3.28. The van der Waals surface area contributed by atoms with Crippen molar-refractivity contribution in [1.29, 1.82) is 0 Å². The highest BCUT2D eigenvalue weighted by atomic mass is 16.3. The van der Waals surface area contributed by atoms with Gasteiger partial charge < -0.3 is 15.3 Å². The van der Waals surface area contributed by atoms with Gasteiger partial charge in [0.05, 0.1) is 6.10 Å². The van der Waals surface area contributed by atoms with Gasteiger partial charge in [-0.15, -0.1) is 0 Å². The standard InChI is InChI=1S/C16H26N2O/c1-16(2,12-18-10-9-14(19)11-18)15(17-3)13-7-5-4-6-8-13/h4-8,14-15,17,19H,9-12H2,1-3H3. The third kappa shape index (κ3) is 3.56. The van der Waals surface area contributed by atoms with Gasteiger partial charge in [-0.3, -0.25) is 0 Å². The highest BCUT2D eigenvalue weighted by Gasteiger charge is 2.33. The second-order valence-electron chi connectivity index (χ2n) is 6.30. The summed E-state index contributed by atoms with van der Waals surface area (Å²) in [4.78, 5) is 2.37. The van der Waals surface area contributed by atoms with Crippen molar-refractivity contribution < 1.29 is 5.11 Å². The number of hydrogen-bond acceptors (Lipinski definition) is 3. The predicted octanol–water partition coefficient (Wildman–Crippen LogP) is 2.04. The average molecular weight is 262 g/mol. The van der Waals surface area contributed by atoms with Crippen LogP contribution in [0.25, 0.3) is 0 Å². The first-order valence-electron chi connectivity index (χ1n) is 7.15. The van der Waals surface area contributed by atoms with Crippen molar-refractivity contribution in [3.8, 4) is 0 Å². The van der Waals surface area contributed by atoms with Gasteiger partial charge in [0.2, 0.25) is 0 Å². The highest BCUT2D eigenvalue weighted by molar-refractivity contribution is 5.21. The smallest absolute Gasteiger partial charge is 0.0679 e. The van der Waals surface area contributed by atoms with E-state index in [0.29, 0.717) is 6.04 Å². The maximum Gasteiger partial charge on any atom is 0.0679 e. The van der Waals surface area contributed by atoms with Crippen LogP contribution in [0.3, 0.4) is 0 Å². The van der Waals surface area contributed by atoms with E-state index < -0.39 is 0 Å². The number of β-amino-alcohol motifs (C(OH)–C–C–N with tert-alkyl or cyclic N) is 1. The Morgan fingerprint density at radius 3 is 2.58 bits per heavy atom. The number of nitrogens with one attached hydrogen (secondary N) is 1. The molecule has 1 saturated heterocycles. The van der Waals surface area contributed by atoms with Gasteiger partial charge in [0.25, 0.3) is 0 Å². The lowest BCUT2D eigenvalue weighted by Crippen LogP contribution is -2.41. The third-order valence-electron chi connectivity index (χ3n) is 4.08. The van der Waals surface area contributed by atoms with E-state index in [9.17, 15) is 5.11 Å². The van der Waals surface area contributed by atoms with Crippen LogP contribution in [0, 0.1) is 5.41 Å². The molecule has 1 aromatic rings. The van der Waals surface area contributed by atoms with Crippen LogP contribution in [0.15, 0.2) is 30.3 Å². The summed E-state index contributed by atoms with van der Waals surface area (Å²) < 4.78 is 0. The van der Waals surface area contributed by atoms with Crippen molar-refractivity contribution in [3.05, 3.63) is 35.9 Å². The van der Waals surface area contributed by atoms with Gasteiger partial charge in [0.15, 0.2) is 0 Å². The first-order chi connectivity index (χ1) is 9.03. The molecule has 0 saturated carbocycles. The summed E-state index contributed by atoms with van der Waals surface area (Å²) in [6, 6.07) is 10.9. The van der Waals surface area contributed by atoms with Gasteiger partial charge in [-0.05, 0) is 24.4 Å². The van der Waals surface area contributed by atoms with Crippen molar-refractivity contribution in [3.63, 3.8) is 0 Å². The minimum Gasteiger partial charge on any atom is -0.392 e. The number of likely N-dealkylation sites (tertiary alicyclic amines) is 1. The maximum atomic E-state index is 9.65. The monoisotopic (exact) mass is 262 g/mol. The number of hydrogen-bond donors (Lipinski definition) is 2. The Labute approximate surface area is 116 Å². The fraction of sp³-hybridized carbons (Fsp3) is 0.625. The molecule has 1 fully saturated rings. The molecule has 1 aliphatic heterocycles. The van der Waals surface area contributed by atoms with Crippen LogP contribution in [0.2, 0.25) is 0 Å². The summed E-state index contributed by atoms with van der Waals surface area (Å²) in [6.07, 6.45) is 0.770. The van der Waals surface area contributed by atoms with Crippen LogP contribution in [-0.2, 0) is 0 Å². The Morgan fingerprint density at radius 2 is 2.05 bits per heavy atom. The van der Waals surface area contributed by atoms with Crippen LogP contribution < -0.4 is 5.32 Å². The lowest BCUT2D eigenvalue weighted by Gasteiger charge is -2.37. The molecule has 3 heteroatoms. The molecule has 0 radical (unpaired) electrons. The molecule has 1 aromatic carbocycles. The maximum absolute atomic E-state index is 9.65. The summed E-state index contributed by atoms with van der Waals surface area (Å²) in [6.45, 7) is 7.42. The van der Waals surface area contributed by atoms with Gasteiger partial charge in [0, 0.05) is 25.7 Å².